The minimum atomic E-state index is -0.374. The molecule has 2 N–H and O–H groups in total. The lowest BCUT2D eigenvalue weighted by Gasteiger charge is -2.22. The van der Waals surface area contributed by atoms with Crippen LogP contribution in [-0.4, -0.2) is 27.2 Å². The molecule has 0 bridgehead atoms. The molecule has 0 spiro atoms. The summed E-state index contributed by atoms with van der Waals surface area (Å²) in [6.45, 7) is 3.80. The zero-order chi connectivity index (χ0) is 9.03. The second-order valence-electron chi connectivity index (χ2n) is 3.24. The van der Waals surface area contributed by atoms with Crippen LogP contribution < -0.4 is 5.32 Å². The molecule has 1 heterocycles. The summed E-state index contributed by atoms with van der Waals surface area (Å²) in [7, 11) is 0. The Morgan fingerprint density at radius 3 is 2.50 bits per heavy atom. The molecule has 0 aliphatic rings. The van der Waals surface area contributed by atoms with Crippen LogP contribution in [0.25, 0.3) is 0 Å². The first-order chi connectivity index (χ1) is 5.64. The topological polar surface area (TPSA) is 58.0 Å². The van der Waals surface area contributed by atoms with Crippen molar-refractivity contribution in [1.29, 1.82) is 0 Å². The molecule has 1 rings (SSSR count). The molecule has 0 aliphatic heterocycles. The summed E-state index contributed by atoms with van der Waals surface area (Å²) < 4.78 is 0. The van der Waals surface area contributed by atoms with Gasteiger partial charge < -0.3 is 10.4 Å². The Hall–Kier alpha value is -1.16. The Morgan fingerprint density at radius 2 is 2.00 bits per heavy atom. The van der Waals surface area contributed by atoms with Crippen LogP contribution in [0.15, 0.2) is 18.5 Å². The van der Waals surface area contributed by atoms with Gasteiger partial charge in [0.05, 0.1) is 12.1 Å². The molecule has 0 atom stereocenters. The van der Waals surface area contributed by atoms with Crippen molar-refractivity contribution < 1.29 is 5.11 Å². The van der Waals surface area contributed by atoms with E-state index in [1.807, 2.05) is 13.8 Å². The Balaban J connectivity index is 2.64. The lowest BCUT2D eigenvalue weighted by molar-refractivity contribution is 0.233. The predicted octanol–water partition coefficient (Wildman–Crippen LogP) is 0.659. The number of aliphatic hydroxyl groups is 1. The number of aliphatic hydroxyl groups excluding tert-OH is 1. The van der Waals surface area contributed by atoms with E-state index < -0.39 is 0 Å². The molecule has 1 aromatic heterocycles. The first kappa shape index (κ1) is 8.93. The van der Waals surface area contributed by atoms with Gasteiger partial charge >= 0.3 is 0 Å². The number of hydrogen-bond donors (Lipinski definition) is 2. The maximum Gasteiger partial charge on any atom is 0.223 e. The summed E-state index contributed by atoms with van der Waals surface area (Å²) >= 11 is 0. The van der Waals surface area contributed by atoms with Gasteiger partial charge in [-0.15, -0.1) is 0 Å². The van der Waals surface area contributed by atoms with Crippen molar-refractivity contribution in [3.63, 3.8) is 0 Å². The minimum Gasteiger partial charge on any atom is -0.394 e. The van der Waals surface area contributed by atoms with Crippen molar-refractivity contribution in [1.82, 2.24) is 9.97 Å². The van der Waals surface area contributed by atoms with Crippen LogP contribution in [0.1, 0.15) is 13.8 Å². The smallest absolute Gasteiger partial charge is 0.223 e. The number of nitrogens with one attached hydrogen (secondary N) is 1. The van der Waals surface area contributed by atoms with E-state index in [0.29, 0.717) is 5.95 Å². The maximum absolute atomic E-state index is 8.94. The SMILES string of the molecule is CC(C)(CO)Nc1ncccn1. The van der Waals surface area contributed by atoms with Gasteiger partial charge in [-0.1, -0.05) is 0 Å². The quantitative estimate of drug-likeness (QED) is 0.694. The molecule has 0 unspecified atom stereocenters. The monoisotopic (exact) mass is 167 g/mol. The molecule has 0 amide bonds. The fourth-order valence-electron chi connectivity index (χ4n) is 0.706. The standard InChI is InChI=1S/C8H13N3O/c1-8(2,6-12)11-7-9-4-3-5-10-7/h3-5,12H,6H2,1-2H3,(H,9,10,11). The van der Waals surface area contributed by atoms with E-state index in [1.54, 1.807) is 18.5 Å². The van der Waals surface area contributed by atoms with Crippen LogP contribution in [0, 0.1) is 0 Å². The second kappa shape index (κ2) is 3.49. The summed E-state index contributed by atoms with van der Waals surface area (Å²) in [5.74, 6) is 0.538. The van der Waals surface area contributed by atoms with Gasteiger partial charge in [0.2, 0.25) is 5.95 Å². The molecule has 12 heavy (non-hydrogen) atoms. The number of nitrogens with zero attached hydrogens (tertiary/aromatic N) is 2. The van der Waals surface area contributed by atoms with Gasteiger partial charge in [-0.05, 0) is 19.9 Å². The zero-order valence-electron chi connectivity index (χ0n) is 7.28. The van der Waals surface area contributed by atoms with Gasteiger partial charge in [-0.3, -0.25) is 0 Å². The van der Waals surface area contributed by atoms with Crippen molar-refractivity contribution in [3.8, 4) is 0 Å². The Kier molecular flexibility index (Phi) is 2.60. The van der Waals surface area contributed by atoms with E-state index in [1.165, 1.54) is 0 Å². The molecule has 0 radical (unpaired) electrons. The third-order valence-corrected chi connectivity index (χ3v) is 1.41. The molecule has 0 fully saturated rings. The highest BCUT2D eigenvalue weighted by Gasteiger charge is 2.16. The van der Waals surface area contributed by atoms with E-state index in [4.69, 9.17) is 5.11 Å². The summed E-state index contributed by atoms with van der Waals surface area (Å²) in [4.78, 5) is 7.96. The summed E-state index contributed by atoms with van der Waals surface area (Å²) in [6, 6.07) is 1.75. The fourth-order valence-corrected chi connectivity index (χ4v) is 0.706. The van der Waals surface area contributed by atoms with Crippen molar-refractivity contribution in [3.05, 3.63) is 18.5 Å². The number of hydrogen-bond acceptors (Lipinski definition) is 4. The summed E-state index contributed by atoms with van der Waals surface area (Å²) in [5, 5.41) is 11.9. The zero-order valence-corrected chi connectivity index (χ0v) is 7.28. The lowest BCUT2D eigenvalue weighted by atomic mass is 10.1. The van der Waals surface area contributed by atoms with Crippen LogP contribution in [0.4, 0.5) is 5.95 Å². The maximum atomic E-state index is 8.94. The van der Waals surface area contributed by atoms with Crippen molar-refractivity contribution in [2.24, 2.45) is 0 Å². The van der Waals surface area contributed by atoms with Gasteiger partial charge in [-0.2, -0.15) is 0 Å². The van der Waals surface area contributed by atoms with E-state index in [2.05, 4.69) is 15.3 Å². The highest BCUT2D eigenvalue weighted by atomic mass is 16.3. The molecule has 0 saturated heterocycles. The third-order valence-electron chi connectivity index (χ3n) is 1.41. The van der Waals surface area contributed by atoms with E-state index in [0.717, 1.165) is 0 Å². The van der Waals surface area contributed by atoms with Crippen molar-refractivity contribution in [2.75, 3.05) is 11.9 Å². The Bertz CT molecular complexity index is 235. The molecule has 4 nitrogen and oxygen atoms in total. The first-order valence-electron chi connectivity index (χ1n) is 3.80. The van der Waals surface area contributed by atoms with Gasteiger partial charge in [0.25, 0.3) is 0 Å². The molecule has 0 saturated carbocycles. The van der Waals surface area contributed by atoms with Crippen LogP contribution in [-0.2, 0) is 0 Å². The van der Waals surface area contributed by atoms with Gasteiger partial charge in [0.1, 0.15) is 0 Å². The van der Waals surface area contributed by atoms with Crippen molar-refractivity contribution >= 4 is 5.95 Å². The molecule has 4 heteroatoms. The normalized spacial score (nSPS) is 11.2. The van der Waals surface area contributed by atoms with E-state index >= 15 is 0 Å². The largest absolute Gasteiger partial charge is 0.394 e. The molecular formula is C8H13N3O. The number of anilines is 1. The molecule has 66 valence electrons. The van der Waals surface area contributed by atoms with Crippen LogP contribution in [0.5, 0.6) is 0 Å². The average Bonchev–Trinajstić information content (AvgIpc) is 2.06. The lowest BCUT2D eigenvalue weighted by Crippen LogP contribution is -2.35. The van der Waals surface area contributed by atoms with Crippen LogP contribution in [0.2, 0.25) is 0 Å². The average molecular weight is 167 g/mol. The Labute approximate surface area is 71.7 Å². The summed E-state index contributed by atoms with van der Waals surface area (Å²) in [6.07, 6.45) is 3.31. The predicted molar refractivity (Wildman–Crippen MR) is 46.8 cm³/mol. The van der Waals surface area contributed by atoms with Crippen LogP contribution in [0.3, 0.4) is 0 Å². The van der Waals surface area contributed by atoms with E-state index in [9.17, 15) is 0 Å². The van der Waals surface area contributed by atoms with Crippen LogP contribution >= 0.6 is 0 Å². The first-order valence-corrected chi connectivity index (χ1v) is 3.80. The van der Waals surface area contributed by atoms with Gasteiger partial charge in [-0.25, -0.2) is 9.97 Å². The number of rotatable bonds is 3. The molecule has 0 aliphatic carbocycles. The highest BCUT2D eigenvalue weighted by molar-refractivity contribution is 5.26. The van der Waals surface area contributed by atoms with Crippen molar-refractivity contribution in [2.45, 2.75) is 19.4 Å². The Morgan fingerprint density at radius 1 is 1.42 bits per heavy atom. The molecule has 1 aromatic rings. The number of aromatic nitrogens is 2. The van der Waals surface area contributed by atoms with E-state index in [-0.39, 0.29) is 12.1 Å². The molecule has 0 aromatic carbocycles. The summed E-state index contributed by atoms with van der Waals surface area (Å²) in [5.41, 5.74) is -0.374. The second-order valence-corrected chi connectivity index (χ2v) is 3.24. The minimum absolute atomic E-state index is 0.0469. The highest BCUT2D eigenvalue weighted by Crippen LogP contribution is 2.07. The molecular weight excluding hydrogens is 154 g/mol. The fraction of sp³-hybridized carbons (Fsp3) is 0.500. The van der Waals surface area contributed by atoms with Gasteiger partial charge in [0.15, 0.2) is 0 Å². The van der Waals surface area contributed by atoms with Gasteiger partial charge in [0, 0.05) is 12.4 Å². The third kappa shape index (κ3) is 2.47.